The van der Waals surface area contributed by atoms with Crippen LogP contribution in [0.1, 0.15) is 31.5 Å². The Balaban J connectivity index is 1.78. The molecule has 1 aromatic heterocycles. The number of rotatable bonds is 6. The number of carbonyl (C=O) groups is 2. The monoisotopic (exact) mass is 488 g/mol. The fourth-order valence-electron chi connectivity index (χ4n) is 3.66. The van der Waals surface area contributed by atoms with Crippen LogP contribution >= 0.6 is 0 Å². The SMILES string of the molecule is CCC(C)[C@H]1CN(c2ccc(C(F)(F)F)nc2)C(=O)N1CC(=O)Nc1cccc(C(F)(F)F)c1. The first-order valence-electron chi connectivity index (χ1n) is 10.4. The van der Waals surface area contributed by atoms with E-state index in [0.29, 0.717) is 6.42 Å². The molecular formula is C22H22F6N4O2. The molecule has 1 fully saturated rings. The number of alkyl halides is 6. The molecule has 1 unspecified atom stereocenters. The number of anilines is 2. The summed E-state index contributed by atoms with van der Waals surface area (Å²) in [5.41, 5.74) is -1.96. The number of aromatic nitrogens is 1. The molecule has 0 radical (unpaired) electrons. The Morgan fingerprint density at radius 2 is 1.85 bits per heavy atom. The summed E-state index contributed by atoms with van der Waals surface area (Å²) in [6.07, 6.45) is -7.60. The van der Waals surface area contributed by atoms with Gasteiger partial charge in [0.25, 0.3) is 0 Å². The van der Waals surface area contributed by atoms with Crippen LogP contribution in [-0.2, 0) is 17.1 Å². The number of halogens is 6. The van der Waals surface area contributed by atoms with Gasteiger partial charge in [0.05, 0.1) is 23.5 Å². The first kappa shape index (κ1) is 25.3. The van der Waals surface area contributed by atoms with Crippen LogP contribution in [0, 0.1) is 5.92 Å². The molecule has 2 heterocycles. The minimum Gasteiger partial charge on any atom is -0.325 e. The van der Waals surface area contributed by atoms with Crippen molar-refractivity contribution in [3.8, 4) is 0 Å². The lowest BCUT2D eigenvalue weighted by atomic mass is 9.98. The van der Waals surface area contributed by atoms with E-state index in [0.717, 1.165) is 36.5 Å². The molecule has 1 aliphatic rings. The average Bonchev–Trinajstić information content (AvgIpc) is 3.08. The highest BCUT2D eigenvalue weighted by atomic mass is 19.4. The van der Waals surface area contributed by atoms with Gasteiger partial charge in [-0.1, -0.05) is 26.3 Å². The predicted molar refractivity (Wildman–Crippen MR) is 112 cm³/mol. The number of hydrogen-bond acceptors (Lipinski definition) is 3. The van der Waals surface area contributed by atoms with Gasteiger partial charge in [-0.15, -0.1) is 0 Å². The Kier molecular flexibility index (Phi) is 7.08. The number of amides is 3. The molecule has 6 nitrogen and oxygen atoms in total. The van der Waals surface area contributed by atoms with E-state index >= 15 is 0 Å². The Morgan fingerprint density at radius 1 is 1.15 bits per heavy atom. The molecule has 2 atom stereocenters. The minimum atomic E-state index is -4.62. The van der Waals surface area contributed by atoms with Gasteiger partial charge in [0.15, 0.2) is 0 Å². The topological polar surface area (TPSA) is 65.5 Å². The smallest absolute Gasteiger partial charge is 0.325 e. The number of nitrogens with one attached hydrogen (secondary N) is 1. The molecular weight excluding hydrogens is 466 g/mol. The number of benzene rings is 1. The highest BCUT2D eigenvalue weighted by Gasteiger charge is 2.41. The van der Waals surface area contributed by atoms with Gasteiger partial charge in [-0.3, -0.25) is 9.69 Å². The van der Waals surface area contributed by atoms with Crippen molar-refractivity contribution in [2.45, 2.75) is 38.7 Å². The van der Waals surface area contributed by atoms with Crippen molar-refractivity contribution in [1.29, 1.82) is 0 Å². The number of carbonyl (C=O) groups excluding carboxylic acids is 2. The Bertz CT molecular complexity index is 1040. The highest BCUT2D eigenvalue weighted by molar-refractivity contribution is 5.99. The third-order valence-corrected chi connectivity index (χ3v) is 5.68. The van der Waals surface area contributed by atoms with Gasteiger partial charge in [0, 0.05) is 12.2 Å². The van der Waals surface area contributed by atoms with Gasteiger partial charge in [0.1, 0.15) is 12.2 Å². The van der Waals surface area contributed by atoms with Crippen LogP contribution in [0.3, 0.4) is 0 Å². The van der Waals surface area contributed by atoms with Crippen molar-refractivity contribution in [3.05, 3.63) is 53.9 Å². The van der Waals surface area contributed by atoms with Crippen molar-refractivity contribution in [2.75, 3.05) is 23.3 Å². The maximum atomic E-state index is 13.1. The summed E-state index contributed by atoms with van der Waals surface area (Å²) in [5.74, 6) is -0.758. The van der Waals surface area contributed by atoms with E-state index in [1.165, 1.54) is 15.9 Å². The molecule has 12 heteroatoms. The van der Waals surface area contributed by atoms with E-state index in [9.17, 15) is 35.9 Å². The van der Waals surface area contributed by atoms with E-state index in [1.807, 2.05) is 13.8 Å². The maximum absolute atomic E-state index is 13.1. The van der Waals surface area contributed by atoms with Crippen LogP contribution in [0.4, 0.5) is 42.5 Å². The lowest BCUT2D eigenvalue weighted by molar-refractivity contribution is -0.141. The van der Waals surface area contributed by atoms with E-state index in [4.69, 9.17) is 0 Å². The summed E-state index contributed by atoms with van der Waals surface area (Å²) in [6, 6.07) is 4.96. The fraction of sp³-hybridized carbons (Fsp3) is 0.409. The normalized spacial score (nSPS) is 17.8. The van der Waals surface area contributed by atoms with Crippen LogP contribution in [0.2, 0.25) is 0 Å². The fourth-order valence-corrected chi connectivity index (χ4v) is 3.66. The van der Waals surface area contributed by atoms with Crippen molar-refractivity contribution < 1.29 is 35.9 Å². The second kappa shape index (κ2) is 9.51. The van der Waals surface area contributed by atoms with Gasteiger partial charge in [-0.25, -0.2) is 9.78 Å². The van der Waals surface area contributed by atoms with Crippen LogP contribution in [-0.4, -0.2) is 41.0 Å². The Hall–Kier alpha value is -3.31. The Labute approximate surface area is 191 Å². The molecule has 184 valence electrons. The second-order valence-corrected chi connectivity index (χ2v) is 8.00. The van der Waals surface area contributed by atoms with Crippen molar-refractivity contribution in [1.82, 2.24) is 9.88 Å². The van der Waals surface area contributed by atoms with Crippen molar-refractivity contribution in [2.24, 2.45) is 5.92 Å². The van der Waals surface area contributed by atoms with E-state index < -0.39 is 48.1 Å². The van der Waals surface area contributed by atoms with Crippen LogP contribution in [0.5, 0.6) is 0 Å². The first-order valence-corrected chi connectivity index (χ1v) is 10.4. The Morgan fingerprint density at radius 3 is 2.41 bits per heavy atom. The van der Waals surface area contributed by atoms with Gasteiger partial charge in [-0.2, -0.15) is 26.3 Å². The van der Waals surface area contributed by atoms with E-state index in [2.05, 4.69) is 10.3 Å². The summed E-state index contributed by atoms with van der Waals surface area (Å²) < 4.78 is 77.2. The predicted octanol–water partition coefficient (Wildman–Crippen LogP) is 5.41. The third kappa shape index (κ3) is 5.60. The summed E-state index contributed by atoms with van der Waals surface area (Å²) in [5, 5.41) is 2.37. The largest absolute Gasteiger partial charge is 0.433 e. The molecule has 1 saturated heterocycles. The van der Waals surface area contributed by atoms with Crippen LogP contribution in [0.15, 0.2) is 42.6 Å². The molecule has 3 rings (SSSR count). The molecule has 1 aliphatic heterocycles. The van der Waals surface area contributed by atoms with Gasteiger partial charge >= 0.3 is 18.4 Å². The summed E-state index contributed by atoms with van der Waals surface area (Å²) in [6.45, 7) is 3.44. The second-order valence-electron chi connectivity index (χ2n) is 8.00. The number of nitrogens with zero attached hydrogens (tertiary/aromatic N) is 3. The van der Waals surface area contributed by atoms with E-state index in [1.54, 1.807) is 0 Å². The average molecular weight is 488 g/mol. The molecule has 1 N–H and O–H groups in total. The van der Waals surface area contributed by atoms with Gasteiger partial charge in [-0.05, 0) is 36.2 Å². The summed E-state index contributed by atoms with van der Waals surface area (Å²) in [7, 11) is 0. The van der Waals surface area contributed by atoms with Gasteiger partial charge in [0.2, 0.25) is 5.91 Å². The summed E-state index contributed by atoms with van der Waals surface area (Å²) in [4.78, 5) is 31.5. The number of pyridine rings is 1. The highest BCUT2D eigenvalue weighted by Crippen LogP contribution is 2.32. The summed E-state index contributed by atoms with van der Waals surface area (Å²) >= 11 is 0. The molecule has 0 bridgehead atoms. The van der Waals surface area contributed by atoms with Crippen molar-refractivity contribution in [3.63, 3.8) is 0 Å². The van der Waals surface area contributed by atoms with Crippen LogP contribution in [0.25, 0.3) is 0 Å². The molecule has 34 heavy (non-hydrogen) atoms. The number of urea groups is 1. The first-order chi connectivity index (χ1) is 15.8. The zero-order valence-electron chi connectivity index (χ0n) is 18.2. The quantitative estimate of drug-likeness (QED) is 0.553. The molecule has 1 aromatic carbocycles. The molecule has 0 spiro atoms. The molecule has 0 aliphatic carbocycles. The van der Waals surface area contributed by atoms with Gasteiger partial charge < -0.3 is 10.2 Å². The lowest BCUT2D eigenvalue weighted by Crippen LogP contribution is -2.43. The zero-order valence-corrected chi connectivity index (χ0v) is 18.2. The maximum Gasteiger partial charge on any atom is 0.433 e. The molecule has 2 aromatic rings. The van der Waals surface area contributed by atoms with Crippen molar-refractivity contribution >= 4 is 23.3 Å². The minimum absolute atomic E-state index is 0.0577. The van der Waals surface area contributed by atoms with E-state index in [-0.39, 0.29) is 23.8 Å². The zero-order chi connectivity index (χ0) is 25.3. The standard InChI is InChI=1S/C22H22F6N4O2/c1-3-13(2)17-11-31(16-7-8-18(29-10-16)22(26,27)28)20(34)32(17)12-19(33)30-15-6-4-5-14(9-15)21(23,24)25/h4-10,13,17H,3,11-12H2,1-2H3,(H,30,33)/t13?,17-/m1/s1. The lowest BCUT2D eigenvalue weighted by Gasteiger charge is -2.26. The van der Waals surface area contributed by atoms with Crippen LogP contribution < -0.4 is 10.2 Å². The third-order valence-electron chi connectivity index (χ3n) is 5.68. The molecule has 0 saturated carbocycles. The molecule has 3 amide bonds. The number of hydrogen-bond donors (Lipinski definition) is 1.